The van der Waals surface area contributed by atoms with Crippen molar-refractivity contribution in [2.75, 3.05) is 0 Å². The second-order valence-corrected chi connectivity index (χ2v) is 49.5. The van der Waals surface area contributed by atoms with Crippen LogP contribution in [0.4, 0.5) is 0 Å². The van der Waals surface area contributed by atoms with Crippen molar-refractivity contribution in [3.8, 4) is 0 Å². The van der Waals surface area contributed by atoms with Gasteiger partial charge in [0.1, 0.15) is 0 Å². The van der Waals surface area contributed by atoms with Gasteiger partial charge < -0.3 is 0 Å². The second kappa shape index (κ2) is 41.4. The Labute approximate surface area is 767 Å². The molecule has 0 fully saturated rings. The van der Waals surface area contributed by atoms with Crippen molar-refractivity contribution in [3.63, 3.8) is 0 Å². The fraction of sp³-hybridized carbons (Fsp3) is 0. The highest BCUT2D eigenvalue weighted by Crippen LogP contribution is 2.78. The van der Waals surface area contributed by atoms with Gasteiger partial charge in [0, 0.05) is 88.1 Å². The van der Waals surface area contributed by atoms with Crippen molar-refractivity contribution in [1.82, 2.24) is 0 Å². The van der Waals surface area contributed by atoms with Crippen LogP contribution in [0.1, 0.15) is 0 Å². The van der Waals surface area contributed by atoms with Crippen LogP contribution in [0.15, 0.2) is 634 Å². The van der Waals surface area contributed by atoms with Gasteiger partial charge in [0.05, 0.1) is 0 Å². The number of hydrogen-bond acceptors (Lipinski definition) is 12. The highest BCUT2D eigenvalue weighted by atomic mass is 32.4. The number of benzene rings is 18. The van der Waals surface area contributed by atoms with Crippen LogP contribution in [-0.2, 0) is 53.0 Å². The SMILES string of the molecule is O=S(=O)(OS(c1ccccc1)(c1ccccc1)c1ccccc1)OS(c1ccccc1)(c1ccccc1)c1ccccc1.O=S(=O)(OS(c1ccccc1)(c1ccccc1)c1ccccc1)OS(c1ccccc1)(c1ccccc1)c1ccccc1.O=S(=O)(OS(c1ccccc1)(c1ccccc1)c1ccccc1)OS(c1ccccc1)(c1ccccc1)c1ccccc1. The van der Waals surface area contributed by atoms with Gasteiger partial charge in [-0.2, -0.15) is 47.0 Å². The van der Waals surface area contributed by atoms with Crippen molar-refractivity contribution in [2.45, 2.75) is 88.1 Å². The molecule has 0 aromatic heterocycles. The summed E-state index contributed by atoms with van der Waals surface area (Å²) in [6.45, 7) is 0. The summed E-state index contributed by atoms with van der Waals surface area (Å²) in [5.41, 5.74) is 0. The first kappa shape index (κ1) is 90.0. The lowest BCUT2D eigenvalue weighted by molar-refractivity contribution is 0.420. The lowest BCUT2D eigenvalue weighted by Crippen LogP contribution is -2.19. The first-order valence-electron chi connectivity index (χ1n) is 41.1. The Kier molecular flexibility index (Phi) is 28.9. The maximum atomic E-state index is 14.7. The third-order valence-electron chi connectivity index (χ3n) is 20.5. The Balaban J connectivity index is 0.000000142. The maximum Gasteiger partial charge on any atom is 0.420 e. The van der Waals surface area contributed by atoms with E-state index >= 15 is 0 Å². The van der Waals surface area contributed by atoms with Gasteiger partial charge in [-0.05, 0) is 280 Å². The molecule has 129 heavy (non-hydrogen) atoms. The molecular weight excluding hydrogens is 1780 g/mol. The van der Waals surface area contributed by atoms with Crippen molar-refractivity contribution in [3.05, 3.63) is 546 Å². The Morgan fingerprint density at radius 2 is 0.147 bits per heavy atom. The van der Waals surface area contributed by atoms with Gasteiger partial charge in [-0.15, -0.1) is 0 Å². The smallest absolute Gasteiger partial charge is 0.184 e. The Morgan fingerprint density at radius 3 is 0.202 bits per heavy atom. The third kappa shape index (κ3) is 19.7. The zero-order chi connectivity index (χ0) is 88.8. The minimum absolute atomic E-state index is 0.735. The van der Waals surface area contributed by atoms with E-state index in [0.29, 0.717) is 0 Å². The standard InChI is InChI=1S/3C36H30O4S3/c3*37-43(38,39-41(31-19-7-1-8-20-31,32-21-9-2-10-22-32)33-23-11-3-12-24-33)40-42(34-25-13-4-14-26-34,35-27-15-5-16-28-35)36-29-17-6-18-30-36/h3*1-30H. The van der Waals surface area contributed by atoms with E-state index in [0.717, 1.165) is 88.1 Å². The lowest BCUT2D eigenvalue weighted by atomic mass is 10.4. The van der Waals surface area contributed by atoms with Crippen molar-refractivity contribution < 1.29 is 47.0 Å². The molecule has 0 saturated carbocycles. The molecule has 0 unspecified atom stereocenters. The first-order chi connectivity index (χ1) is 63.1. The Bertz CT molecular complexity index is 5250. The predicted molar refractivity (Wildman–Crippen MR) is 524 cm³/mol. The van der Waals surface area contributed by atoms with Crippen LogP contribution in [-0.4, -0.2) is 25.3 Å². The molecular formula is C108H90O12S9. The molecule has 0 N–H and O–H groups in total. The van der Waals surface area contributed by atoms with Crippen molar-refractivity contribution >= 4 is 93.1 Å². The molecule has 0 heterocycles. The van der Waals surface area contributed by atoms with Crippen LogP contribution in [0.5, 0.6) is 0 Å². The van der Waals surface area contributed by atoms with Gasteiger partial charge in [0.2, 0.25) is 0 Å². The molecule has 648 valence electrons. The molecule has 18 rings (SSSR count). The average molecular weight is 1870 g/mol. The summed E-state index contributed by atoms with van der Waals surface area (Å²) in [7, 11) is -31.0. The zero-order valence-corrected chi connectivity index (χ0v) is 76.9. The van der Waals surface area contributed by atoms with E-state index in [1.165, 1.54) is 0 Å². The zero-order valence-electron chi connectivity index (χ0n) is 69.5. The van der Waals surface area contributed by atoms with E-state index < -0.39 is 93.1 Å². The largest absolute Gasteiger partial charge is 0.420 e. The molecule has 0 saturated heterocycles. The molecule has 18 aromatic carbocycles. The summed E-state index contributed by atoms with van der Waals surface area (Å²) in [4.78, 5) is 13.2. The van der Waals surface area contributed by atoms with Crippen molar-refractivity contribution in [2.24, 2.45) is 0 Å². The van der Waals surface area contributed by atoms with Crippen LogP contribution in [0.2, 0.25) is 0 Å². The topological polar surface area (TPSA) is 158 Å². The molecule has 0 bridgehead atoms. The Hall–Kier alpha value is -12.3. The van der Waals surface area contributed by atoms with Crippen molar-refractivity contribution in [1.29, 1.82) is 0 Å². The van der Waals surface area contributed by atoms with Gasteiger partial charge >= 0.3 is 31.2 Å². The van der Waals surface area contributed by atoms with Gasteiger partial charge in [-0.1, -0.05) is 328 Å². The summed E-state index contributed by atoms with van der Waals surface area (Å²) < 4.78 is 128. The molecule has 21 heteroatoms. The lowest BCUT2D eigenvalue weighted by Gasteiger charge is -2.42. The second-order valence-electron chi connectivity index (χ2n) is 28.6. The molecule has 0 radical (unpaired) electrons. The predicted octanol–water partition coefficient (Wildman–Crippen LogP) is 30.2. The van der Waals surface area contributed by atoms with E-state index in [9.17, 15) is 25.3 Å². The minimum atomic E-state index is -4.71. The molecule has 0 atom stereocenters. The third-order valence-corrected chi connectivity index (χ3v) is 46.2. The summed E-state index contributed by atoms with van der Waals surface area (Å²) in [6, 6.07) is 171. The minimum Gasteiger partial charge on any atom is -0.184 e. The van der Waals surface area contributed by atoms with Crippen LogP contribution >= 0.6 is 61.9 Å². The highest BCUT2D eigenvalue weighted by molar-refractivity contribution is 8.37. The fourth-order valence-electron chi connectivity index (χ4n) is 15.0. The molecule has 0 aliphatic rings. The summed E-state index contributed by atoms with van der Waals surface area (Å²) >= 11 is 0. The van der Waals surface area contributed by atoms with Crippen LogP contribution in [0, 0.1) is 0 Å². The molecule has 0 aliphatic heterocycles. The van der Waals surface area contributed by atoms with Gasteiger partial charge in [0.25, 0.3) is 0 Å². The van der Waals surface area contributed by atoms with E-state index in [1.807, 2.05) is 546 Å². The molecule has 0 amide bonds. The van der Waals surface area contributed by atoms with E-state index in [-0.39, 0.29) is 0 Å². The number of rotatable bonds is 30. The normalized spacial score (nSPS) is 12.8. The fourth-order valence-corrected chi connectivity index (χ4v) is 42.1. The van der Waals surface area contributed by atoms with Gasteiger partial charge in [-0.25, -0.2) is 0 Å². The van der Waals surface area contributed by atoms with Crippen LogP contribution < -0.4 is 0 Å². The monoisotopic (exact) mass is 1870 g/mol. The van der Waals surface area contributed by atoms with Gasteiger partial charge in [-0.3, -0.25) is 0 Å². The van der Waals surface area contributed by atoms with E-state index in [1.54, 1.807) is 0 Å². The van der Waals surface area contributed by atoms with Crippen LogP contribution in [0.25, 0.3) is 0 Å². The quantitative estimate of drug-likeness (QED) is 0.0420. The summed E-state index contributed by atoms with van der Waals surface area (Å²) in [6.07, 6.45) is 0. The van der Waals surface area contributed by atoms with E-state index in [2.05, 4.69) is 0 Å². The summed E-state index contributed by atoms with van der Waals surface area (Å²) in [5, 5.41) is 0. The Morgan fingerprint density at radius 1 is 0.0930 bits per heavy atom. The maximum absolute atomic E-state index is 14.7. The first-order valence-corrected chi connectivity index (χ1v) is 54.4. The molecule has 18 aromatic rings. The number of hydrogen-bond donors (Lipinski definition) is 0. The highest BCUT2D eigenvalue weighted by Gasteiger charge is 2.48. The molecule has 12 nitrogen and oxygen atoms in total. The molecule has 0 aliphatic carbocycles. The molecule has 0 spiro atoms. The van der Waals surface area contributed by atoms with E-state index in [4.69, 9.17) is 21.8 Å². The summed E-state index contributed by atoms with van der Waals surface area (Å²) in [5.74, 6) is 0. The van der Waals surface area contributed by atoms with Gasteiger partial charge in [0.15, 0.2) is 0 Å². The van der Waals surface area contributed by atoms with Crippen LogP contribution in [0.3, 0.4) is 0 Å². The average Bonchev–Trinajstić information content (AvgIpc) is 0.759.